The first-order chi connectivity index (χ1) is 41.1. The first kappa shape index (κ1) is 80.7. The molecule has 0 aromatic heterocycles. The van der Waals surface area contributed by atoms with Gasteiger partial charge in [-0.1, -0.05) is 324 Å². The van der Waals surface area contributed by atoms with Gasteiger partial charge in [0, 0.05) is 12.8 Å². The van der Waals surface area contributed by atoms with Crippen LogP contribution < -0.4 is 0 Å². The fourth-order valence-electron chi connectivity index (χ4n) is 10.3. The van der Waals surface area contributed by atoms with Gasteiger partial charge in [0.25, 0.3) is 6.29 Å². The maximum atomic E-state index is 12.9. The van der Waals surface area contributed by atoms with E-state index in [1.54, 1.807) is 0 Å². The second kappa shape index (κ2) is 65.7. The normalized spacial score (nSPS) is 13.1. The fraction of sp³-hybridized carbons (Fsp3) is 0.800. The summed E-state index contributed by atoms with van der Waals surface area (Å²) < 4.78 is 23.0. The zero-order valence-electron chi connectivity index (χ0n) is 55.8. The highest BCUT2D eigenvalue weighted by atomic mass is 16.7. The van der Waals surface area contributed by atoms with Gasteiger partial charge in [0.2, 0.25) is 0 Å². The minimum atomic E-state index is -1.52. The monoisotopic (exact) mass is 1180 g/mol. The molecule has 0 aromatic rings. The lowest BCUT2D eigenvalue weighted by Crippen LogP contribution is -2.40. The van der Waals surface area contributed by atoms with Gasteiger partial charge in [0.05, 0.1) is 34.4 Å². The van der Waals surface area contributed by atoms with Crippen molar-refractivity contribution in [3.63, 3.8) is 0 Å². The molecule has 2 atom stereocenters. The molecule has 0 rings (SSSR count). The van der Waals surface area contributed by atoms with Crippen LogP contribution in [-0.2, 0) is 33.3 Å². The van der Waals surface area contributed by atoms with Crippen LogP contribution in [0.2, 0.25) is 0 Å². The van der Waals surface area contributed by atoms with Crippen LogP contribution >= 0.6 is 0 Å². The molecule has 0 radical (unpaired) electrons. The first-order valence-electron chi connectivity index (χ1n) is 35.6. The van der Waals surface area contributed by atoms with E-state index < -0.39 is 24.3 Å². The molecule has 0 aromatic carbocycles. The summed E-state index contributed by atoms with van der Waals surface area (Å²) in [6.45, 7) is 4.80. The molecule has 0 aliphatic heterocycles. The number of carbonyl (C=O) groups is 3. The van der Waals surface area contributed by atoms with Crippen molar-refractivity contribution in [3.8, 4) is 0 Å². The van der Waals surface area contributed by atoms with Gasteiger partial charge in [-0.25, -0.2) is 4.79 Å². The Morgan fingerprint density at radius 3 is 1.01 bits per heavy atom. The van der Waals surface area contributed by atoms with Gasteiger partial charge in [-0.3, -0.25) is 9.59 Å². The Morgan fingerprint density at radius 1 is 0.369 bits per heavy atom. The topological polar surface area (TPSA) is 108 Å². The van der Waals surface area contributed by atoms with Crippen molar-refractivity contribution in [2.45, 2.75) is 341 Å². The van der Waals surface area contributed by atoms with Crippen LogP contribution in [0.5, 0.6) is 0 Å². The van der Waals surface area contributed by atoms with Crippen molar-refractivity contribution in [3.05, 3.63) is 72.9 Å². The summed E-state index contributed by atoms with van der Waals surface area (Å²) in [6.07, 6.45) is 84.5. The average molecular weight is 1180 g/mol. The number of carboxylic acids is 1. The number of nitrogens with zero attached hydrogens (tertiary/aromatic N) is 1. The molecule has 0 spiro atoms. The smallest absolute Gasteiger partial charge is 0.361 e. The van der Waals surface area contributed by atoms with Crippen molar-refractivity contribution in [2.75, 3.05) is 47.5 Å². The van der Waals surface area contributed by atoms with Crippen molar-refractivity contribution in [1.29, 1.82) is 0 Å². The largest absolute Gasteiger partial charge is 0.477 e. The van der Waals surface area contributed by atoms with E-state index in [9.17, 15) is 19.5 Å². The third-order valence-corrected chi connectivity index (χ3v) is 15.7. The lowest BCUT2D eigenvalue weighted by atomic mass is 10.0. The summed E-state index contributed by atoms with van der Waals surface area (Å²) in [5.41, 5.74) is 0. The summed E-state index contributed by atoms with van der Waals surface area (Å²) in [4.78, 5) is 37.6. The molecule has 1 N–H and O–H groups in total. The van der Waals surface area contributed by atoms with Crippen LogP contribution in [0.25, 0.3) is 0 Å². The van der Waals surface area contributed by atoms with Crippen molar-refractivity contribution in [2.24, 2.45) is 0 Å². The van der Waals surface area contributed by atoms with E-state index in [4.69, 9.17) is 18.9 Å². The van der Waals surface area contributed by atoms with E-state index in [0.29, 0.717) is 23.9 Å². The van der Waals surface area contributed by atoms with E-state index in [-0.39, 0.29) is 32.2 Å². The van der Waals surface area contributed by atoms with Gasteiger partial charge >= 0.3 is 17.9 Å². The number of carboxylic acid groups (broad SMARTS) is 1. The third-order valence-electron chi connectivity index (χ3n) is 15.7. The lowest BCUT2D eigenvalue weighted by Gasteiger charge is -2.25. The predicted octanol–water partition coefficient (Wildman–Crippen LogP) is 22.1. The zero-order valence-corrected chi connectivity index (χ0v) is 55.8. The third kappa shape index (κ3) is 66.3. The van der Waals surface area contributed by atoms with Gasteiger partial charge in [0.1, 0.15) is 13.2 Å². The number of likely N-dealkylation sites (N-methyl/N-ethyl adjacent to an activating group) is 1. The number of ether oxygens (including phenoxy) is 4. The number of esters is 2. The number of allylic oxidation sites excluding steroid dienone is 12. The molecule has 488 valence electrons. The van der Waals surface area contributed by atoms with E-state index in [1.165, 1.54) is 212 Å². The molecule has 0 aliphatic rings. The summed E-state index contributed by atoms with van der Waals surface area (Å²) in [5, 5.41) is 9.75. The number of aliphatic carboxylic acids is 1. The van der Waals surface area contributed by atoms with Crippen LogP contribution in [0.4, 0.5) is 0 Å². The van der Waals surface area contributed by atoms with Gasteiger partial charge in [-0.15, -0.1) is 0 Å². The molecule has 0 fully saturated rings. The van der Waals surface area contributed by atoms with Gasteiger partial charge in [0.15, 0.2) is 6.10 Å². The van der Waals surface area contributed by atoms with Crippen LogP contribution in [0, 0.1) is 0 Å². The maximum absolute atomic E-state index is 12.9. The summed E-state index contributed by atoms with van der Waals surface area (Å²) in [6, 6.07) is 0. The Morgan fingerprint density at radius 2 is 0.679 bits per heavy atom. The molecule has 0 saturated carbocycles. The Bertz CT molecular complexity index is 1610. The highest BCUT2D eigenvalue weighted by Crippen LogP contribution is 2.18. The molecule has 0 heterocycles. The van der Waals surface area contributed by atoms with Crippen molar-refractivity contribution >= 4 is 17.9 Å². The van der Waals surface area contributed by atoms with Gasteiger partial charge < -0.3 is 28.5 Å². The molecular formula is C75H136NO8+. The van der Waals surface area contributed by atoms with E-state index in [2.05, 4.69) is 86.8 Å². The SMILES string of the molecule is CC/C=C\C/C=C\C/C=C\C/C=C\C/C=C\C/C=C\CCCCCCCCCCC(=O)OC(COC(=O)CCCCCCCCCCCCCCCCCCCCCCCCCCCCCCCCCC)COC(OCC[N+](C)(C)C)C(=O)O. The highest BCUT2D eigenvalue weighted by molar-refractivity contribution is 5.71. The molecular weight excluding hydrogens is 1040 g/mol. The van der Waals surface area contributed by atoms with Crippen molar-refractivity contribution < 1.29 is 42.9 Å². The molecule has 2 unspecified atom stereocenters. The second-order valence-electron chi connectivity index (χ2n) is 25.2. The second-order valence-corrected chi connectivity index (χ2v) is 25.2. The number of unbranched alkanes of at least 4 members (excludes halogenated alkanes) is 39. The van der Waals surface area contributed by atoms with E-state index in [1.807, 2.05) is 21.1 Å². The summed E-state index contributed by atoms with van der Waals surface area (Å²) in [7, 11) is 5.98. The molecule has 0 amide bonds. The standard InChI is InChI=1S/C75H135NO8/c1-6-8-10-12-14-16-18-20-22-24-26-28-30-32-34-35-36-37-38-40-41-43-45-47-49-51-53-55-57-59-61-63-65-72(77)82-69-71(70-83-75(74(79)80)81-68-67-76(3,4)5)84-73(78)66-64-62-60-58-56-54-52-50-48-46-44-42-39-33-31-29-27-25-23-21-19-17-15-13-11-9-7-2/h9,11,15,17,21,23,27,29,33,39,44,46,71,75H,6-8,10,12-14,16,18-20,22,24-26,28,30-32,34-38,40-43,45,47-70H2,1-5H3/p+1/b11-9-,17-15-,23-21-,29-27-,39-33-,46-44-. The molecule has 9 nitrogen and oxygen atoms in total. The Hall–Kier alpha value is -3.27. The quantitative estimate of drug-likeness (QED) is 0.0211. The lowest BCUT2D eigenvalue weighted by molar-refractivity contribution is -0.870. The highest BCUT2D eigenvalue weighted by Gasteiger charge is 2.25. The number of hydrogen-bond donors (Lipinski definition) is 1. The maximum Gasteiger partial charge on any atom is 0.361 e. The van der Waals surface area contributed by atoms with Crippen LogP contribution in [-0.4, -0.2) is 87.4 Å². The van der Waals surface area contributed by atoms with E-state index in [0.717, 1.165) is 83.5 Å². The summed E-state index contributed by atoms with van der Waals surface area (Å²) >= 11 is 0. The molecule has 9 heteroatoms. The first-order valence-corrected chi connectivity index (χ1v) is 35.6. The van der Waals surface area contributed by atoms with Crippen LogP contribution in [0.1, 0.15) is 328 Å². The number of hydrogen-bond acceptors (Lipinski definition) is 7. The minimum Gasteiger partial charge on any atom is -0.477 e. The Labute approximate surface area is 519 Å². The van der Waals surface area contributed by atoms with Gasteiger partial charge in [-0.2, -0.15) is 0 Å². The summed E-state index contributed by atoms with van der Waals surface area (Å²) in [5.74, 6) is -2.00. The van der Waals surface area contributed by atoms with Crippen LogP contribution in [0.3, 0.4) is 0 Å². The molecule has 0 saturated heterocycles. The van der Waals surface area contributed by atoms with Crippen LogP contribution in [0.15, 0.2) is 72.9 Å². The average Bonchev–Trinajstić information content (AvgIpc) is 3.51. The number of quaternary nitrogens is 1. The molecule has 0 bridgehead atoms. The zero-order chi connectivity index (χ0) is 61.2. The number of carbonyl (C=O) groups excluding carboxylic acids is 2. The minimum absolute atomic E-state index is 0.184. The predicted molar refractivity (Wildman–Crippen MR) is 359 cm³/mol. The van der Waals surface area contributed by atoms with Crippen molar-refractivity contribution in [1.82, 2.24) is 0 Å². The van der Waals surface area contributed by atoms with Gasteiger partial charge in [-0.05, 0) is 64.2 Å². The van der Waals surface area contributed by atoms with E-state index >= 15 is 0 Å². The molecule has 84 heavy (non-hydrogen) atoms. The molecule has 0 aliphatic carbocycles. The number of rotatable bonds is 66. The Kier molecular flexibility index (Phi) is 63.1. The fourth-order valence-corrected chi connectivity index (χ4v) is 10.3. The Balaban J connectivity index is 4.09.